The first-order valence-electron chi connectivity index (χ1n) is 6.24. The Balaban J connectivity index is 2.01. The Morgan fingerprint density at radius 2 is 2.00 bits per heavy atom. The van der Waals surface area contributed by atoms with Gasteiger partial charge in [-0.05, 0) is 25.7 Å². The van der Waals surface area contributed by atoms with E-state index in [4.69, 9.17) is 5.73 Å². The Labute approximate surface area is 102 Å². The van der Waals surface area contributed by atoms with Crippen LogP contribution in [0.4, 0.5) is 0 Å². The molecule has 1 amide bonds. The van der Waals surface area contributed by atoms with Gasteiger partial charge < -0.3 is 10.6 Å². The van der Waals surface area contributed by atoms with E-state index < -0.39 is 9.84 Å². The fourth-order valence-corrected chi connectivity index (χ4v) is 4.27. The zero-order valence-corrected chi connectivity index (χ0v) is 10.8. The predicted molar refractivity (Wildman–Crippen MR) is 65.2 cm³/mol. The summed E-state index contributed by atoms with van der Waals surface area (Å²) in [6, 6.07) is 0.300. The van der Waals surface area contributed by atoms with Crippen LogP contribution in [-0.4, -0.2) is 49.9 Å². The summed E-state index contributed by atoms with van der Waals surface area (Å²) < 4.78 is 22.8. The standard InChI is InChI=1S/C11H20N2O3S/c12-5-6-13(10-2-1-3-10)11(14)9-4-7-17(15,16)8-9/h9-10H,1-8,12H2. The minimum atomic E-state index is -2.98. The molecular weight excluding hydrogens is 240 g/mol. The van der Waals surface area contributed by atoms with Crippen LogP contribution in [-0.2, 0) is 14.6 Å². The van der Waals surface area contributed by atoms with E-state index in [1.165, 1.54) is 0 Å². The first kappa shape index (κ1) is 12.8. The molecule has 0 bridgehead atoms. The van der Waals surface area contributed by atoms with Crippen LogP contribution in [0, 0.1) is 5.92 Å². The normalized spacial score (nSPS) is 27.7. The number of amides is 1. The molecule has 2 rings (SSSR count). The van der Waals surface area contributed by atoms with Gasteiger partial charge in [0.15, 0.2) is 9.84 Å². The van der Waals surface area contributed by atoms with Gasteiger partial charge in [0.25, 0.3) is 0 Å². The minimum absolute atomic E-state index is 0.00113. The number of carbonyl (C=O) groups excluding carboxylic acids is 1. The van der Waals surface area contributed by atoms with Crippen LogP contribution in [0.1, 0.15) is 25.7 Å². The van der Waals surface area contributed by atoms with Crippen molar-refractivity contribution in [3.8, 4) is 0 Å². The monoisotopic (exact) mass is 260 g/mol. The second-order valence-electron chi connectivity index (χ2n) is 5.00. The van der Waals surface area contributed by atoms with Gasteiger partial charge in [0.05, 0.1) is 17.4 Å². The second kappa shape index (κ2) is 4.94. The molecule has 1 saturated heterocycles. The molecule has 1 saturated carbocycles. The number of carbonyl (C=O) groups is 1. The van der Waals surface area contributed by atoms with Gasteiger partial charge in [0.2, 0.25) is 5.91 Å². The highest BCUT2D eigenvalue weighted by Crippen LogP contribution is 2.28. The number of sulfone groups is 1. The molecule has 1 aliphatic carbocycles. The molecule has 98 valence electrons. The van der Waals surface area contributed by atoms with E-state index in [1.807, 2.05) is 4.90 Å². The zero-order chi connectivity index (χ0) is 12.5. The molecule has 1 atom stereocenters. The van der Waals surface area contributed by atoms with Gasteiger partial charge in [-0.3, -0.25) is 4.79 Å². The average Bonchev–Trinajstić information content (AvgIpc) is 2.54. The summed E-state index contributed by atoms with van der Waals surface area (Å²) in [5.41, 5.74) is 5.52. The number of nitrogens with zero attached hydrogens (tertiary/aromatic N) is 1. The van der Waals surface area contributed by atoms with Crippen molar-refractivity contribution in [2.24, 2.45) is 11.7 Å². The van der Waals surface area contributed by atoms with E-state index in [2.05, 4.69) is 0 Å². The van der Waals surface area contributed by atoms with Crippen molar-refractivity contribution in [2.75, 3.05) is 24.6 Å². The van der Waals surface area contributed by atoms with Crippen molar-refractivity contribution in [1.82, 2.24) is 4.90 Å². The summed E-state index contributed by atoms with van der Waals surface area (Å²) in [5.74, 6) is -0.141. The smallest absolute Gasteiger partial charge is 0.227 e. The molecule has 5 nitrogen and oxygen atoms in total. The maximum atomic E-state index is 12.3. The molecule has 1 unspecified atom stereocenters. The molecular formula is C11H20N2O3S. The highest BCUT2D eigenvalue weighted by atomic mass is 32.2. The number of hydrogen-bond donors (Lipinski definition) is 1. The number of rotatable bonds is 4. The molecule has 1 aliphatic heterocycles. The molecule has 0 aromatic heterocycles. The zero-order valence-electron chi connectivity index (χ0n) is 9.97. The number of hydrogen-bond acceptors (Lipinski definition) is 4. The molecule has 6 heteroatoms. The van der Waals surface area contributed by atoms with Crippen LogP contribution in [0.5, 0.6) is 0 Å². The molecule has 0 aromatic rings. The summed E-state index contributed by atoms with van der Waals surface area (Å²) in [6.07, 6.45) is 3.70. The molecule has 2 N–H and O–H groups in total. The van der Waals surface area contributed by atoms with Crippen LogP contribution in [0.15, 0.2) is 0 Å². The highest BCUT2D eigenvalue weighted by Gasteiger charge is 2.38. The van der Waals surface area contributed by atoms with Crippen molar-refractivity contribution in [1.29, 1.82) is 0 Å². The Bertz CT molecular complexity index is 390. The minimum Gasteiger partial charge on any atom is -0.338 e. The van der Waals surface area contributed by atoms with Crippen molar-refractivity contribution >= 4 is 15.7 Å². The van der Waals surface area contributed by atoms with E-state index in [0.29, 0.717) is 25.6 Å². The van der Waals surface area contributed by atoms with Crippen LogP contribution in [0.2, 0.25) is 0 Å². The lowest BCUT2D eigenvalue weighted by molar-refractivity contribution is -0.138. The van der Waals surface area contributed by atoms with Crippen molar-refractivity contribution in [3.05, 3.63) is 0 Å². The summed E-state index contributed by atoms with van der Waals surface area (Å²) in [6.45, 7) is 1.00. The van der Waals surface area contributed by atoms with E-state index in [-0.39, 0.29) is 23.3 Å². The molecule has 2 aliphatic rings. The topological polar surface area (TPSA) is 80.5 Å². The highest BCUT2D eigenvalue weighted by molar-refractivity contribution is 7.91. The molecule has 0 aromatic carbocycles. The van der Waals surface area contributed by atoms with Crippen LogP contribution >= 0.6 is 0 Å². The number of nitrogens with two attached hydrogens (primary N) is 1. The lowest BCUT2D eigenvalue weighted by atomic mass is 9.90. The fraction of sp³-hybridized carbons (Fsp3) is 0.909. The van der Waals surface area contributed by atoms with Crippen LogP contribution in [0.3, 0.4) is 0 Å². The van der Waals surface area contributed by atoms with E-state index in [0.717, 1.165) is 19.3 Å². The third-order valence-corrected chi connectivity index (χ3v) is 5.52. The van der Waals surface area contributed by atoms with Crippen molar-refractivity contribution in [2.45, 2.75) is 31.7 Å². The van der Waals surface area contributed by atoms with E-state index in [1.54, 1.807) is 0 Å². The van der Waals surface area contributed by atoms with Crippen LogP contribution < -0.4 is 5.73 Å². The van der Waals surface area contributed by atoms with Gasteiger partial charge in [-0.2, -0.15) is 0 Å². The van der Waals surface area contributed by atoms with Gasteiger partial charge in [-0.25, -0.2) is 8.42 Å². The molecule has 0 spiro atoms. The van der Waals surface area contributed by atoms with E-state index in [9.17, 15) is 13.2 Å². The predicted octanol–water partition coefficient (Wildman–Crippen LogP) is -0.239. The maximum absolute atomic E-state index is 12.3. The Morgan fingerprint density at radius 1 is 1.29 bits per heavy atom. The third-order valence-electron chi connectivity index (χ3n) is 3.75. The quantitative estimate of drug-likeness (QED) is 0.756. The van der Waals surface area contributed by atoms with Crippen LogP contribution in [0.25, 0.3) is 0 Å². The SMILES string of the molecule is NCCN(C(=O)C1CCS(=O)(=O)C1)C1CCC1. The van der Waals surface area contributed by atoms with Gasteiger partial charge >= 0.3 is 0 Å². The van der Waals surface area contributed by atoms with E-state index >= 15 is 0 Å². The summed E-state index contributed by atoms with van der Waals surface area (Å²) in [7, 11) is -2.98. The third kappa shape index (κ3) is 2.80. The molecule has 1 heterocycles. The Morgan fingerprint density at radius 3 is 2.41 bits per heavy atom. The van der Waals surface area contributed by atoms with Gasteiger partial charge in [-0.15, -0.1) is 0 Å². The first-order valence-corrected chi connectivity index (χ1v) is 8.06. The lowest BCUT2D eigenvalue weighted by Gasteiger charge is -2.38. The van der Waals surface area contributed by atoms with Gasteiger partial charge in [-0.1, -0.05) is 0 Å². The maximum Gasteiger partial charge on any atom is 0.227 e. The first-order chi connectivity index (χ1) is 8.03. The van der Waals surface area contributed by atoms with Crippen molar-refractivity contribution in [3.63, 3.8) is 0 Å². The van der Waals surface area contributed by atoms with Gasteiger partial charge in [0.1, 0.15) is 0 Å². The summed E-state index contributed by atoms with van der Waals surface area (Å²) >= 11 is 0. The fourth-order valence-electron chi connectivity index (χ4n) is 2.53. The molecule has 0 radical (unpaired) electrons. The van der Waals surface area contributed by atoms with Gasteiger partial charge in [0, 0.05) is 19.1 Å². The lowest BCUT2D eigenvalue weighted by Crippen LogP contribution is -2.49. The van der Waals surface area contributed by atoms with Crippen molar-refractivity contribution < 1.29 is 13.2 Å². The molecule has 2 fully saturated rings. The largest absolute Gasteiger partial charge is 0.338 e. The molecule has 17 heavy (non-hydrogen) atoms. The Kier molecular flexibility index (Phi) is 3.73. The average molecular weight is 260 g/mol. The summed E-state index contributed by atoms with van der Waals surface area (Å²) in [4.78, 5) is 14.1. The summed E-state index contributed by atoms with van der Waals surface area (Å²) in [5, 5.41) is 0. The Hall–Kier alpha value is -0.620. The second-order valence-corrected chi connectivity index (χ2v) is 7.23.